The van der Waals surface area contributed by atoms with Gasteiger partial charge in [0.2, 0.25) is 0 Å². The third kappa shape index (κ3) is 5.69. The van der Waals surface area contributed by atoms with E-state index in [4.69, 9.17) is 4.74 Å². The van der Waals surface area contributed by atoms with Crippen LogP contribution in [0.15, 0.2) is 42.1 Å². The molecule has 1 amide bonds. The van der Waals surface area contributed by atoms with Gasteiger partial charge in [-0.25, -0.2) is 4.79 Å². The standard InChI is InChI=1S/C18H26N2O3/c1-18(2,3)23-17(22)19-15-9-10-20(16(11-15)13-21)12-14-7-5-4-6-8-14/h4-8,11,16,21H,9-10,12-13H2,1-3H3,(H,19,22). The molecule has 5 nitrogen and oxygen atoms in total. The maximum Gasteiger partial charge on any atom is 0.411 e. The van der Waals surface area contributed by atoms with Crippen LogP contribution >= 0.6 is 0 Å². The van der Waals surface area contributed by atoms with Crippen LogP contribution in [0.2, 0.25) is 0 Å². The molecule has 1 aromatic rings. The van der Waals surface area contributed by atoms with Crippen molar-refractivity contribution < 1.29 is 14.6 Å². The first kappa shape index (κ1) is 17.5. The van der Waals surface area contributed by atoms with Crippen molar-refractivity contribution in [1.29, 1.82) is 0 Å². The topological polar surface area (TPSA) is 61.8 Å². The summed E-state index contributed by atoms with van der Waals surface area (Å²) in [5, 5.41) is 12.4. The van der Waals surface area contributed by atoms with Crippen molar-refractivity contribution in [3.05, 3.63) is 47.7 Å². The minimum absolute atomic E-state index is 0.0202. The number of alkyl carbamates (subject to hydrolysis) is 1. The zero-order chi connectivity index (χ0) is 16.9. The second-order valence-electron chi connectivity index (χ2n) is 6.77. The van der Waals surface area contributed by atoms with Crippen LogP contribution in [0.25, 0.3) is 0 Å². The average Bonchev–Trinajstić information content (AvgIpc) is 2.48. The van der Waals surface area contributed by atoms with Crippen LogP contribution in [-0.2, 0) is 11.3 Å². The minimum atomic E-state index is -0.519. The van der Waals surface area contributed by atoms with Crippen molar-refractivity contribution in [3.8, 4) is 0 Å². The van der Waals surface area contributed by atoms with Gasteiger partial charge in [-0.15, -0.1) is 0 Å². The van der Waals surface area contributed by atoms with E-state index in [9.17, 15) is 9.90 Å². The molecule has 1 aromatic carbocycles. The summed E-state index contributed by atoms with van der Waals surface area (Å²) in [6, 6.07) is 10.1. The van der Waals surface area contributed by atoms with Gasteiger partial charge < -0.3 is 9.84 Å². The lowest BCUT2D eigenvalue weighted by atomic mass is 10.1. The Labute approximate surface area is 137 Å². The van der Waals surface area contributed by atoms with Gasteiger partial charge in [-0.05, 0) is 32.4 Å². The fourth-order valence-corrected chi connectivity index (χ4v) is 2.57. The van der Waals surface area contributed by atoms with E-state index < -0.39 is 11.7 Å². The van der Waals surface area contributed by atoms with Crippen molar-refractivity contribution >= 4 is 6.09 Å². The van der Waals surface area contributed by atoms with E-state index in [0.29, 0.717) is 0 Å². The first-order chi connectivity index (χ1) is 10.9. The van der Waals surface area contributed by atoms with Gasteiger partial charge in [-0.3, -0.25) is 10.2 Å². The van der Waals surface area contributed by atoms with Gasteiger partial charge in [0.1, 0.15) is 5.60 Å². The second kappa shape index (κ2) is 7.62. The molecule has 2 N–H and O–H groups in total. The quantitative estimate of drug-likeness (QED) is 0.896. The highest BCUT2D eigenvalue weighted by atomic mass is 16.6. The molecule has 0 bridgehead atoms. The van der Waals surface area contributed by atoms with E-state index in [1.807, 2.05) is 45.0 Å². The van der Waals surface area contributed by atoms with Crippen LogP contribution in [0, 0.1) is 0 Å². The van der Waals surface area contributed by atoms with Crippen molar-refractivity contribution in [2.45, 2.75) is 45.4 Å². The Hall–Kier alpha value is -1.85. The number of carbonyl (C=O) groups is 1. The lowest BCUT2D eigenvalue weighted by molar-refractivity contribution is 0.0536. The molecule has 0 radical (unpaired) electrons. The Morgan fingerprint density at radius 1 is 1.35 bits per heavy atom. The van der Waals surface area contributed by atoms with Gasteiger partial charge in [0.05, 0.1) is 12.6 Å². The second-order valence-corrected chi connectivity index (χ2v) is 6.77. The van der Waals surface area contributed by atoms with Crippen molar-refractivity contribution in [3.63, 3.8) is 0 Å². The zero-order valence-electron chi connectivity index (χ0n) is 14.1. The van der Waals surface area contributed by atoms with Gasteiger partial charge in [0, 0.05) is 25.2 Å². The highest BCUT2D eigenvalue weighted by Crippen LogP contribution is 2.18. The number of ether oxygens (including phenoxy) is 1. The third-order valence-corrected chi connectivity index (χ3v) is 3.61. The summed E-state index contributed by atoms with van der Waals surface area (Å²) >= 11 is 0. The van der Waals surface area contributed by atoms with Crippen molar-refractivity contribution in [2.24, 2.45) is 0 Å². The predicted molar refractivity (Wildman–Crippen MR) is 89.8 cm³/mol. The Bertz CT molecular complexity index is 549. The molecule has 126 valence electrons. The number of carbonyl (C=O) groups excluding carboxylic acids is 1. The van der Waals surface area contributed by atoms with Gasteiger partial charge in [-0.2, -0.15) is 0 Å². The maximum absolute atomic E-state index is 11.8. The van der Waals surface area contributed by atoms with Crippen LogP contribution in [0.4, 0.5) is 4.79 Å². The van der Waals surface area contributed by atoms with Crippen molar-refractivity contribution in [1.82, 2.24) is 10.2 Å². The molecule has 0 spiro atoms. The fourth-order valence-electron chi connectivity index (χ4n) is 2.57. The lowest BCUT2D eigenvalue weighted by Gasteiger charge is -2.33. The molecule has 1 aliphatic rings. The number of hydrogen-bond acceptors (Lipinski definition) is 4. The third-order valence-electron chi connectivity index (χ3n) is 3.61. The first-order valence-electron chi connectivity index (χ1n) is 7.97. The summed E-state index contributed by atoms with van der Waals surface area (Å²) < 4.78 is 5.26. The number of aliphatic hydroxyl groups excluding tert-OH is 1. The van der Waals surface area contributed by atoms with Crippen molar-refractivity contribution in [2.75, 3.05) is 13.2 Å². The van der Waals surface area contributed by atoms with E-state index >= 15 is 0 Å². The predicted octanol–water partition coefficient (Wildman–Crippen LogP) is 2.66. The highest BCUT2D eigenvalue weighted by Gasteiger charge is 2.24. The minimum Gasteiger partial charge on any atom is -0.444 e. The first-order valence-corrected chi connectivity index (χ1v) is 7.97. The summed E-state index contributed by atoms with van der Waals surface area (Å²) in [6.45, 7) is 7.08. The van der Waals surface area contributed by atoms with E-state index in [1.165, 1.54) is 5.56 Å². The van der Waals surface area contributed by atoms with Gasteiger partial charge in [-0.1, -0.05) is 30.3 Å². The number of aliphatic hydroxyl groups is 1. The Morgan fingerprint density at radius 3 is 2.65 bits per heavy atom. The monoisotopic (exact) mass is 318 g/mol. The maximum atomic E-state index is 11.8. The summed E-state index contributed by atoms with van der Waals surface area (Å²) in [4.78, 5) is 14.0. The van der Waals surface area contributed by atoms with Gasteiger partial charge >= 0.3 is 6.09 Å². The molecular formula is C18H26N2O3. The van der Waals surface area contributed by atoms with Crippen LogP contribution in [-0.4, -0.2) is 40.9 Å². The average molecular weight is 318 g/mol. The lowest BCUT2D eigenvalue weighted by Crippen LogP contribution is -2.43. The molecule has 0 saturated carbocycles. The number of rotatable bonds is 4. The normalized spacial score (nSPS) is 19.1. The van der Waals surface area contributed by atoms with Crippen LogP contribution in [0.5, 0.6) is 0 Å². The molecule has 1 atom stereocenters. The number of hydrogen-bond donors (Lipinski definition) is 2. The summed E-state index contributed by atoms with van der Waals surface area (Å²) in [5.74, 6) is 0. The molecule has 0 fully saturated rings. The van der Waals surface area contributed by atoms with Crippen LogP contribution < -0.4 is 5.32 Å². The fraction of sp³-hybridized carbons (Fsp3) is 0.500. The number of amides is 1. The Morgan fingerprint density at radius 2 is 2.04 bits per heavy atom. The smallest absolute Gasteiger partial charge is 0.411 e. The van der Waals surface area contributed by atoms with Gasteiger partial charge in [0.25, 0.3) is 0 Å². The molecule has 1 heterocycles. The SMILES string of the molecule is CC(C)(C)OC(=O)NC1=CC(CO)N(Cc2ccccc2)CC1. The summed E-state index contributed by atoms with van der Waals surface area (Å²) in [6.07, 6.45) is 2.19. The molecule has 0 aliphatic carbocycles. The Balaban J connectivity index is 1.97. The number of nitrogens with one attached hydrogen (secondary N) is 1. The van der Waals surface area contributed by atoms with E-state index in [-0.39, 0.29) is 12.6 Å². The number of nitrogens with zero attached hydrogens (tertiary/aromatic N) is 1. The van der Waals surface area contributed by atoms with Crippen LogP contribution in [0.1, 0.15) is 32.8 Å². The molecule has 1 unspecified atom stereocenters. The van der Waals surface area contributed by atoms with E-state index in [0.717, 1.165) is 25.2 Å². The zero-order valence-corrected chi connectivity index (χ0v) is 14.1. The van der Waals surface area contributed by atoms with E-state index in [2.05, 4.69) is 22.3 Å². The molecule has 2 rings (SSSR count). The molecular weight excluding hydrogens is 292 g/mol. The summed E-state index contributed by atoms with van der Waals surface area (Å²) in [5.41, 5.74) is 1.50. The van der Waals surface area contributed by atoms with Gasteiger partial charge in [0.15, 0.2) is 0 Å². The summed E-state index contributed by atoms with van der Waals surface area (Å²) in [7, 11) is 0. The highest BCUT2D eigenvalue weighted by molar-refractivity contribution is 5.70. The molecule has 1 aliphatic heterocycles. The molecule has 0 aromatic heterocycles. The molecule has 5 heteroatoms. The Kier molecular flexibility index (Phi) is 5.80. The molecule has 0 saturated heterocycles. The van der Waals surface area contributed by atoms with Crippen LogP contribution in [0.3, 0.4) is 0 Å². The number of benzene rings is 1. The largest absolute Gasteiger partial charge is 0.444 e. The van der Waals surface area contributed by atoms with E-state index in [1.54, 1.807) is 0 Å². The molecule has 23 heavy (non-hydrogen) atoms.